The highest BCUT2D eigenvalue weighted by Crippen LogP contribution is 2.32. The molecule has 3 aromatic heterocycles. The molecule has 0 saturated heterocycles. The average molecular weight is 412 g/mol. The van der Waals surface area contributed by atoms with E-state index in [1.807, 2.05) is 6.07 Å². The Balaban J connectivity index is 1.99. The zero-order chi connectivity index (χ0) is 22.2. The van der Waals surface area contributed by atoms with E-state index in [1.54, 1.807) is 13.8 Å². The largest absolute Gasteiger partial charge is 0.355 e. The molecule has 0 saturated carbocycles. The van der Waals surface area contributed by atoms with Gasteiger partial charge in [-0.2, -0.15) is 14.0 Å². The fraction of sp³-hybridized carbons (Fsp3) is 0.300. The summed E-state index contributed by atoms with van der Waals surface area (Å²) in [6.07, 6.45) is 2.65. The second-order valence-electron chi connectivity index (χ2n) is 6.88. The summed E-state index contributed by atoms with van der Waals surface area (Å²) in [6.45, 7) is 6.01. The van der Waals surface area contributed by atoms with Gasteiger partial charge in [-0.05, 0) is 39.3 Å². The summed E-state index contributed by atoms with van der Waals surface area (Å²) in [5.41, 5.74) is -0.540. The Morgan fingerprint density at radius 1 is 1.27 bits per heavy atom. The number of aromatic amines is 1. The normalized spacial score (nSPS) is 12.4. The van der Waals surface area contributed by atoms with E-state index in [2.05, 4.69) is 25.3 Å². The van der Waals surface area contributed by atoms with E-state index < -0.39 is 29.0 Å². The molecule has 0 aliphatic heterocycles. The molecule has 10 heteroatoms. The van der Waals surface area contributed by atoms with E-state index in [0.717, 1.165) is 0 Å². The molecule has 0 unspecified atom stereocenters. The summed E-state index contributed by atoms with van der Waals surface area (Å²) >= 11 is 0. The summed E-state index contributed by atoms with van der Waals surface area (Å²) in [5.74, 6) is -5.74. The molecule has 154 valence electrons. The monoisotopic (exact) mass is 412 g/mol. The van der Waals surface area contributed by atoms with Crippen LogP contribution < -0.4 is 10.9 Å². The summed E-state index contributed by atoms with van der Waals surface area (Å²) in [7, 11) is 0. The molecule has 0 aromatic carbocycles. The number of nitrogens with one attached hydrogen (secondary N) is 2. The highest BCUT2D eigenvalue weighted by atomic mass is 19.3. The molecule has 8 nitrogen and oxygen atoms in total. The highest BCUT2D eigenvalue weighted by Gasteiger charge is 2.45. The van der Waals surface area contributed by atoms with Crippen LogP contribution in [0, 0.1) is 32.1 Å². The molecule has 0 aliphatic carbocycles. The Labute approximate surface area is 170 Å². The van der Waals surface area contributed by atoms with Gasteiger partial charge in [0.25, 0.3) is 11.5 Å². The van der Waals surface area contributed by atoms with Gasteiger partial charge in [0.2, 0.25) is 0 Å². The highest BCUT2D eigenvalue weighted by molar-refractivity contribution is 5.90. The van der Waals surface area contributed by atoms with Gasteiger partial charge in [0.1, 0.15) is 6.07 Å². The quantitative estimate of drug-likeness (QED) is 0.678. The van der Waals surface area contributed by atoms with E-state index in [-0.39, 0.29) is 17.0 Å². The van der Waals surface area contributed by atoms with Crippen LogP contribution in [0.5, 0.6) is 0 Å². The number of nitriles is 1. The van der Waals surface area contributed by atoms with E-state index in [4.69, 9.17) is 5.26 Å². The Kier molecular flexibility index (Phi) is 5.31. The molecule has 3 rings (SSSR count). The molecule has 0 fully saturated rings. The topological polar surface area (TPSA) is 124 Å². The number of pyridine rings is 2. The number of halogens is 2. The Morgan fingerprint density at radius 2 is 1.97 bits per heavy atom. The van der Waals surface area contributed by atoms with Crippen LogP contribution in [0.1, 0.15) is 46.9 Å². The zero-order valence-corrected chi connectivity index (χ0v) is 16.7. The molecular formula is C20H18F2N6O2. The lowest BCUT2D eigenvalue weighted by molar-refractivity contribution is -0.148. The van der Waals surface area contributed by atoms with Crippen LogP contribution in [-0.2, 0) is 10.7 Å². The summed E-state index contributed by atoms with van der Waals surface area (Å²) in [5, 5.41) is 11.4. The first-order valence-corrected chi connectivity index (χ1v) is 8.99. The Morgan fingerprint density at radius 3 is 2.60 bits per heavy atom. The number of amides is 1. The van der Waals surface area contributed by atoms with Crippen molar-refractivity contribution < 1.29 is 13.6 Å². The number of hydrogen-bond acceptors (Lipinski definition) is 6. The van der Waals surface area contributed by atoms with Crippen molar-refractivity contribution in [3.63, 3.8) is 0 Å². The van der Waals surface area contributed by atoms with Crippen LogP contribution in [0.4, 0.5) is 8.78 Å². The lowest BCUT2D eigenvalue weighted by atomic mass is 9.98. The molecule has 1 atom stereocenters. The molecule has 0 spiro atoms. The number of nitrogens with zero attached hydrogens (tertiary/aromatic N) is 4. The smallest absolute Gasteiger partial charge is 0.342 e. The number of alkyl halides is 2. The van der Waals surface area contributed by atoms with Crippen molar-refractivity contribution in [3.05, 3.63) is 62.7 Å². The molecule has 3 aromatic rings. The van der Waals surface area contributed by atoms with Crippen LogP contribution in [0.3, 0.4) is 0 Å². The van der Waals surface area contributed by atoms with Crippen molar-refractivity contribution in [2.45, 2.75) is 39.7 Å². The summed E-state index contributed by atoms with van der Waals surface area (Å²) in [4.78, 5) is 39.4. The van der Waals surface area contributed by atoms with Crippen LogP contribution in [0.25, 0.3) is 10.9 Å². The Bertz CT molecular complexity index is 1260. The maximum atomic E-state index is 15.1. The first-order chi connectivity index (χ1) is 14.1. The number of aryl methyl sites for hydroxylation is 3. The Hall–Kier alpha value is -3.74. The lowest BCUT2D eigenvalue weighted by Gasteiger charge is -2.22. The third-order valence-corrected chi connectivity index (χ3v) is 4.82. The number of carbonyl (C=O) groups excluding carboxylic acids is 1. The molecule has 0 radical (unpaired) electrons. The minimum absolute atomic E-state index is 0.0125. The molecule has 0 aliphatic rings. The molecule has 1 amide bonds. The van der Waals surface area contributed by atoms with Gasteiger partial charge in [-0.1, -0.05) is 0 Å². The minimum Gasteiger partial charge on any atom is -0.342 e. The van der Waals surface area contributed by atoms with E-state index in [9.17, 15) is 9.59 Å². The predicted molar refractivity (Wildman–Crippen MR) is 104 cm³/mol. The van der Waals surface area contributed by atoms with E-state index >= 15 is 8.78 Å². The van der Waals surface area contributed by atoms with Gasteiger partial charge in [0.15, 0.2) is 5.69 Å². The fourth-order valence-electron chi connectivity index (χ4n) is 3.44. The van der Waals surface area contributed by atoms with E-state index in [0.29, 0.717) is 22.3 Å². The van der Waals surface area contributed by atoms with Gasteiger partial charge in [-0.3, -0.25) is 19.6 Å². The third kappa shape index (κ3) is 3.50. The molecule has 3 heterocycles. The van der Waals surface area contributed by atoms with Gasteiger partial charge in [-0.15, -0.1) is 0 Å². The fourth-order valence-corrected chi connectivity index (χ4v) is 3.44. The number of aromatic nitrogens is 4. The number of hydrogen-bond donors (Lipinski definition) is 2. The van der Waals surface area contributed by atoms with Gasteiger partial charge < -0.3 is 10.3 Å². The first-order valence-electron chi connectivity index (χ1n) is 8.99. The second kappa shape index (κ2) is 7.59. The molecular weight excluding hydrogens is 394 g/mol. The van der Waals surface area contributed by atoms with Crippen molar-refractivity contribution in [1.82, 2.24) is 25.3 Å². The van der Waals surface area contributed by atoms with Gasteiger partial charge in [0, 0.05) is 17.3 Å². The maximum absolute atomic E-state index is 15.1. The number of carbonyl (C=O) groups is 1. The van der Waals surface area contributed by atoms with Crippen molar-refractivity contribution >= 4 is 16.8 Å². The van der Waals surface area contributed by atoms with Gasteiger partial charge in [0.05, 0.1) is 34.7 Å². The summed E-state index contributed by atoms with van der Waals surface area (Å²) < 4.78 is 30.2. The van der Waals surface area contributed by atoms with Crippen LogP contribution in [0.2, 0.25) is 0 Å². The van der Waals surface area contributed by atoms with Crippen molar-refractivity contribution in [2.24, 2.45) is 0 Å². The minimum atomic E-state index is -4.10. The third-order valence-electron chi connectivity index (χ3n) is 4.82. The van der Waals surface area contributed by atoms with Crippen molar-refractivity contribution in [2.75, 3.05) is 0 Å². The zero-order valence-electron chi connectivity index (χ0n) is 16.7. The SMILES string of the molecule is Cc1nc(C#N)cnc1[C@@H](C)NC(=O)C(F)(F)c1c(C)c2c(C)nccc2[nH]c1=O. The lowest BCUT2D eigenvalue weighted by Crippen LogP contribution is -2.43. The standard InChI is InChI=1S/C20H18F2N6O2/c1-9-15-10(2)24-6-5-14(15)28-18(29)16(9)20(21,22)19(30)27-12(4)17-11(3)26-13(7-23)8-25-17/h5-6,8,12H,1-4H3,(H,27,30)(H,28,29)/t12-/m1/s1. The van der Waals surface area contributed by atoms with Gasteiger partial charge >= 0.3 is 5.92 Å². The average Bonchev–Trinajstić information content (AvgIpc) is 2.67. The number of rotatable bonds is 4. The first kappa shape index (κ1) is 21.0. The second-order valence-corrected chi connectivity index (χ2v) is 6.88. The number of H-pyrrole nitrogens is 1. The molecule has 0 bridgehead atoms. The van der Waals surface area contributed by atoms with Crippen molar-refractivity contribution in [1.29, 1.82) is 5.26 Å². The maximum Gasteiger partial charge on any atom is 0.355 e. The molecule has 30 heavy (non-hydrogen) atoms. The number of fused-ring (bicyclic) bond motifs is 1. The van der Waals surface area contributed by atoms with Crippen molar-refractivity contribution in [3.8, 4) is 6.07 Å². The predicted octanol–water partition coefficient (Wildman–Crippen LogP) is 2.48. The van der Waals surface area contributed by atoms with Crippen LogP contribution >= 0.6 is 0 Å². The van der Waals surface area contributed by atoms with Crippen LogP contribution in [0.15, 0.2) is 23.3 Å². The summed E-state index contributed by atoms with van der Waals surface area (Å²) in [6, 6.07) is 2.41. The molecule has 2 N–H and O–H groups in total. The van der Waals surface area contributed by atoms with Crippen LogP contribution in [-0.4, -0.2) is 25.8 Å². The van der Waals surface area contributed by atoms with Gasteiger partial charge in [-0.25, -0.2) is 4.98 Å². The van der Waals surface area contributed by atoms with E-state index in [1.165, 1.54) is 32.3 Å².